The van der Waals surface area contributed by atoms with E-state index in [9.17, 15) is 4.79 Å². The molecule has 0 saturated carbocycles. The summed E-state index contributed by atoms with van der Waals surface area (Å²) in [4.78, 5) is 13.0. The summed E-state index contributed by atoms with van der Waals surface area (Å²) in [6.07, 6.45) is 1.72. The minimum Gasteiger partial charge on any atom is -0.337 e. The molecule has 2 nitrogen and oxygen atoms in total. The monoisotopic (exact) mass is 173 g/mol. The number of halogens is 1. The molecule has 1 rings (SSSR count). The molecule has 0 spiro atoms. The van der Waals surface area contributed by atoms with Gasteiger partial charge in [-0.25, -0.2) is 0 Å². The highest BCUT2D eigenvalue weighted by Crippen LogP contribution is 2.22. The van der Waals surface area contributed by atoms with E-state index < -0.39 is 0 Å². The first-order valence-corrected chi connectivity index (χ1v) is 4.14. The summed E-state index contributed by atoms with van der Waals surface area (Å²) in [5.41, 5.74) is 0. The van der Waals surface area contributed by atoms with Gasteiger partial charge in [0.2, 0.25) is 5.91 Å². The van der Waals surface area contributed by atoms with Gasteiger partial charge in [-0.3, -0.25) is 4.79 Å². The van der Waals surface area contributed by atoms with Crippen molar-refractivity contribution in [2.75, 3.05) is 13.1 Å². The molecule has 0 radical (unpaired) electrons. The van der Waals surface area contributed by atoms with E-state index in [4.69, 9.17) is 11.6 Å². The molecule has 0 aromatic carbocycles. The lowest BCUT2D eigenvalue weighted by molar-refractivity contribution is -0.126. The maximum Gasteiger partial charge on any atom is 0.241 e. The normalized spacial score (nSPS) is 31.1. The van der Waals surface area contributed by atoms with E-state index in [0.29, 0.717) is 6.54 Å². The average molecular weight is 174 g/mol. The third-order valence-electron chi connectivity index (χ3n) is 1.91. The summed E-state index contributed by atoms with van der Waals surface area (Å²) in [5.74, 6) is 0.309. The Balaban J connectivity index is 2.59. The maximum atomic E-state index is 11.3. The Morgan fingerprint density at radius 2 is 2.55 bits per heavy atom. The molecule has 0 aliphatic carbocycles. The third kappa shape index (κ3) is 1.56. The summed E-state index contributed by atoms with van der Waals surface area (Å²) in [5, 5.41) is -0.324. The fourth-order valence-electron chi connectivity index (χ4n) is 1.27. The molecule has 1 fully saturated rings. The second-order valence-electron chi connectivity index (χ2n) is 2.91. The number of amides is 1. The number of rotatable bonds is 2. The summed E-state index contributed by atoms with van der Waals surface area (Å²) in [7, 11) is 0. The van der Waals surface area contributed by atoms with Gasteiger partial charge in [0, 0.05) is 13.1 Å². The molecule has 0 bridgehead atoms. The van der Waals surface area contributed by atoms with Gasteiger partial charge in [0.1, 0.15) is 5.38 Å². The average Bonchev–Trinajstić information content (AvgIpc) is 2.19. The molecule has 0 aromatic heterocycles. The SMILES string of the molecule is C=CCN1CC(C)C(Cl)C1=O. The Kier molecular flexibility index (Phi) is 2.55. The van der Waals surface area contributed by atoms with E-state index in [1.54, 1.807) is 11.0 Å². The van der Waals surface area contributed by atoms with Crippen LogP contribution in [0.15, 0.2) is 12.7 Å². The van der Waals surface area contributed by atoms with Crippen molar-refractivity contribution in [2.24, 2.45) is 5.92 Å². The van der Waals surface area contributed by atoms with Crippen molar-refractivity contribution in [3.63, 3.8) is 0 Å². The van der Waals surface area contributed by atoms with Crippen LogP contribution in [0.25, 0.3) is 0 Å². The fourth-order valence-corrected chi connectivity index (χ4v) is 1.49. The Morgan fingerprint density at radius 3 is 2.91 bits per heavy atom. The van der Waals surface area contributed by atoms with Crippen LogP contribution in [0.5, 0.6) is 0 Å². The molecule has 11 heavy (non-hydrogen) atoms. The van der Waals surface area contributed by atoms with Gasteiger partial charge in [-0.2, -0.15) is 0 Å². The summed E-state index contributed by atoms with van der Waals surface area (Å²) >= 11 is 5.82. The van der Waals surface area contributed by atoms with Crippen molar-refractivity contribution in [2.45, 2.75) is 12.3 Å². The van der Waals surface area contributed by atoms with Crippen LogP contribution in [-0.2, 0) is 4.79 Å². The Morgan fingerprint density at radius 1 is 1.91 bits per heavy atom. The summed E-state index contributed by atoms with van der Waals surface area (Å²) < 4.78 is 0. The van der Waals surface area contributed by atoms with Gasteiger partial charge in [0.25, 0.3) is 0 Å². The van der Waals surface area contributed by atoms with E-state index in [-0.39, 0.29) is 17.2 Å². The predicted octanol–water partition coefficient (Wildman–Crippen LogP) is 1.26. The van der Waals surface area contributed by atoms with Crippen molar-refractivity contribution in [3.8, 4) is 0 Å². The van der Waals surface area contributed by atoms with Crippen molar-refractivity contribution < 1.29 is 4.79 Å². The van der Waals surface area contributed by atoms with E-state index in [2.05, 4.69) is 6.58 Å². The van der Waals surface area contributed by atoms with Crippen molar-refractivity contribution in [1.82, 2.24) is 4.90 Å². The second-order valence-corrected chi connectivity index (χ2v) is 3.38. The lowest BCUT2D eigenvalue weighted by Crippen LogP contribution is -2.27. The van der Waals surface area contributed by atoms with Crippen LogP contribution in [-0.4, -0.2) is 29.3 Å². The van der Waals surface area contributed by atoms with Gasteiger partial charge in [-0.1, -0.05) is 13.0 Å². The minimum absolute atomic E-state index is 0.0408. The van der Waals surface area contributed by atoms with Crippen LogP contribution < -0.4 is 0 Å². The first kappa shape index (κ1) is 8.60. The molecule has 1 amide bonds. The molecule has 0 N–H and O–H groups in total. The number of hydrogen-bond acceptors (Lipinski definition) is 1. The molecule has 2 atom stereocenters. The highest BCUT2D eigenvalue weighted by molar-refractivity contribution is 6.31. The lowest BCUT2D eigenvalue weighted by Gasteiger charge is -2.11. The zero-order valence-corrected chi connectivity index (χ0v) is 7.34. The highest BCUT2D eigenvalue weighted by atomic mass is 35.5. The van der Waals surface area contributed by atoms with E-state index in [0.717, 1.165) is 6.54 Å². The van der Waals surface area contributed by atoms with E-state index in [1.165, 1.54) is 0 Å². The van der Waals surface area contributed by atoms with Gasteiger partial charge in [-0.15, -0.1) is 18.2 Å². The van der Waals surface area contributed by atoms with Gasteiger partial charge in [-0.05, 0) is 5.92 Å². The van der Waals surface area contributed by atoms with E-state index in [1.807, 2.05) is 6.92 Å². The largest absolute Gasteiger partial charge is 0.337 e. The van der Waals surface area contributed by atoms with Crippen LogP contribution in [0.1, 0.15) is 6.92 Å². The maximum absolute atomic E-state index is 11.3. The smallest absolute Gasteiger partial charge is 0.241 e. The third-order valence-corrected chi connectivity index (χ3v) is 2.52. The highest BCUT2D eigenvalue weighted by Gasteiger charge is 2.35. The molecular weight excluding hydrogens is 162 g/mol. The Bertz CT molecular complexity index is 181. The summed E-state index contributed by atoms with van der Waals surface area (Å²) in [6.45, 7) is 6.94. The first-order chi connectivity index (χ1) is 5.16. The molecular formula is C8H12ClNO. The first-order valence-electron chi connectivity index (χ1n) is 3.70. The van der Waals surface area contributed by atoms with Crippen LogP contribution in [0, 0.1) is 5.92 Å². The van der Waals surface area contributed by atoms with Crippen LogP contribution in [0.4, 0.5) is 0 Å². The number of carbonyl (C=O) groups is 1. The molecule has 1 aliphatic rings. The number of carbonyl (C=O) groups excluding carboxylic acids is 1. The fraction of sp³-hybridized carbons (Fsp3) is 0.625. The molecule has 3 heteroatoms. The molecule has 1 saturated heterocycles. The zero-order chi connectivity index (χ0) is 8.43. The topological polar surface area (TPSA) is 20.3 Å². The van der Waals surface area contributed by atoms with Gasteiger partial charge in [0.05, 0.1) is 0 Å². The quantitative estimate of drug-likeness (QED) is 0.455. The van der Waals surface area contributed by atoms with Gasteiger partial charge < -0.3 is 4.90 Å². The van der Waals surface area contributed by atoms with Crippen LogP contribution in [0.3, 0.4) is 0 Å². The Labute approximate surface area is 71.8 Å². The van der Waals surface area contributed by atoms with Gasteiger partial charge in [0.15, 0.2) is 0 Å². The lowest BCUT2D eigenvalue weighted by atomic mass is 10.1. The van der Waals surface area contributed by atoms with E-state index >= 15 is 0 Å². The molecule has 62 valence electrons. The minimum atomic E-state index is -0.324. The standard InChI is InChI=1S/C8H12ClNO/c1-3-4-10-5-6(2)7(9)8(10)11/h3,6-7H,1,4-5H2,2H3. The molecule has 1 aliphatic heterocycles. The summed E-state index contributed by atoms with van der Waals surface area (Å²) in [6, 6.07) is 0. The predicted molar refractivity (Wildman–Crippen MR) is 45.6 cm³/mol. The number of hydrogen-bond donors (Lipinski definition) is 0. The van der Waals surface area contributed by atoms with Crippen molar-refractivity contribution in [3.05, 3.63) is 12.7 Å². The molecule has 2 unspecified atom stereocenters. The Hall–Kier alpha value is -0.500. The molecule has 0 aromatic rings. The second kappa shape index (κ2) is 3.26. The van der Waals surface area contributed by atoms with Gasteiger partial charge >= 0.3 is 0 Å². The number of likely N-dealkylation sites (tertiary alicyclic amines) is 1. The zero-order valence-electron chi connectivity index (χ0n) is 6.59. The number of nitrogens with zero attached hydrogens (tertiary/aromatic N) is 1. The van der Waals surface area contributed by atoms with Crippen molar-refractivity contribution in [1.29, 1.82) is 0 Å². The van der Waals surface area contributed by atoms with Crippen LogP contribution in [0.2, 0.25) is 0 Å². The number of alkyl halides is 1. The van der Waals surface area contributed by atoms with Crippen LogP contribution >= 0.6 is 11.6 Å². The molecule has 1 heterocycles. The van der Waals surface area contributed by atoms with Crippen molar-refractivity contribution >= 4 is 17.5 Å².